The van der Waals surface area contributed by atoms with Crippen LogP contribution in [0.5, 0.6) is 0 Å². The largest absolute Gasteiger partial charge is 0.397 e. The topological polar surface area (TPSA) is 26.0 Å². The molecular formula is C8H8BrClFN. The predicted molar refractivity (Wildman–Crippen MR) is 52.9 cm³/mol. The van der Waals surface area contributed by atoms with Crippen molar-refractivity contribution in [1.82, 2.24) is 0 Å². The number of benzene rings is 1. The van der Waals surface area contributed by atoms with Gasteiger partial charge in [-0.2, -0.15) is 0 Å². The molecule has 1 aromatic carbocycles. The Hall–Kier alpha value is -0.280. The van der Waals surface area contributed by atoms with Gasteiger partial charge in [0.25, 0.3) is 0 Å². The van der Waals surface area contributed by atoms with Crippen LogP contribution in [0.2, 0.25) is 5.02 Å². The Bertz CT molecular complexity index is 314. The van der Waals surface area contributed by atoms with E-state index in [1.807, 2.05) is 6.92 Å². The second-order valence-corrected chi connectivity index (χ2v) is 3.58. The molecule has 0 unspecified atom stereocenters. The van der Waals surface area contributed by atoms with Crippen LogP contribution in [0.3, 0.4) is 0 Å². The number of hydrogen-bond acceptors (Lipinski definition) is 1. The second kappa shape index (κ2) is 3.62. The SMILES string of the molecule is CCc1c(F)cc(N)c(Cl)c1Br. The maximum atomic E-state index is 13.1. The molecule has 2 N–H and O–H groups in total. The van der Waals surface area contributed by atoms with Gasteiger partial charge in [-0.3, -0.25) is 0 Å². The van der Waals surface area contributed by atoms with Crippen molar-refractivity contribution in [2.75, 3.05) is 5.73 Å². The molecule has 1 nitrogen and oxygen atoms in total. The quantitative estimate of drug-likeness (QED) is 0.602. The summed E-state index contributed by atoms with van der Waals surface area (Å²) in [6.07, 6.45) is 0.590. The van der Waals surface area contributed by atoms with Crippen LogP contribution >= 0.6 is 27.5 Å². The van der Waals surface area contributed by atoms with Crippen molar-refractivity contribution in [1.29, 1.82) is 0 Å². The molecular weight excluding hydrogens is 244 g/mol. The zero-order valence-corrected chi connectivity index (χ0v) is 8.84. The van der Waals surface area contributed by atoms with Gasteiger partial charge in [0.05, 0.1) is 10.7 Å². The highest BCUT2D eigenvalue weighted by atomic mass is 79.9. The zero-order valence-electron chi connectivity index (χ0n) is 6.50. The molecule has 1 rings (SSSR count). The molecule has 4 heteroatoms. The molecule has 0 atom stereocenters. The molecule has 0 aromatic heterocycles. The third-order valence-corrected chi connectivity index (χ3v) is 3.15. The predicted octanol–water partition coefficient (Wildman–Crippen LogP) is 3.39. The van der Waals surface area contributed by atoms with E-state index in [0.29, 0.717) is 21.5 Å². The summed E-state index contributed by atoms with van der Waals surface area (Å²) in [7, 11) is 0. The van der Waals surface area contributed by atoms with Gasteiger partial charge in [-0.15, -0.1) is 0 Å². The molecule has 0 radical (unpaired) electrons. The van der Waals surface area contributed by atoms with Crippen LogP contribution in [0.1, 0.15) is 12.5 Å². The maximum Gasteiger partial charge on any atom is 0.129 e. The first kappa shape index (κ1) is 9.81. The molecule has 1 aromatic rings. The van der Waals surface area contributed by atoms with Gasteiger partial charge in [-0.1, -0.05) is 18.5 Å². The summed E-state index contributed by atoms with van der Waals surface area (Å²) in [4.78, 5) is 0. The lowest BCUT2D eigenvalue weighted by Gasteiger charge is -2.07. The van der Waals surface area contributed by atoms with E-state index in [-0.39, 0.29) is 11.5 Å². The molecule has 0 heterocycles. The fourth-order valence-corrected chi connectivity index (χ4v) is 1.84. The highest BCUT2D eigenvalue weighted by molar-refractivity contribution is 9.10. The van der Waals surface area contributed by atoms with E-state index in [9.17, 15) is 4.39 Å². The molecule has 0 bridgehead atoms. The smallest absolute Gasteiger partial charge is 0.129 e. The van der Waals surface area contributed by atoms with Crippen molar-refractivity contribution >= 4 is 33.2 Å². The van der Waals surface area contributed by atoms with Crippen molar-refractivity contribution in [2.24, 2.45) is 0 Å². The van der Waals surface area contributed by atoms with Gasteiger partial charge in [-0.05, 0) is 28.4 Å². The lowest BCUT2D eigenvalue weighted by atomic mass is 10.1. The van der Waals surface area contributed by atoms with E-state index in [0.717, 1.165) is 0 Å². The lowest BCUT2D eigenvalue weighted by molar-refractivity contribution is 0.611. The summed E-state index contributed by atoms with van der Waals surface area (Å²) in [6, 6.07) is 1.24. The van der Waals surface area contributed by atoms with Gasteiger partial charge in [-0.25, -0.2) is 4.39 Å². The van der Waals surface area contributed by atoms with E-state index in [1.54, 1.807) is 0 Å². The summed E-state index contributed by atoms with van der Waals surface area (Å²) >= 11 is 8.99. The first-order chi connectivity index (χ1) is 5.57. The van der Waals surface area contributed by atoms with Crippen molar-refractivity contribution < 1.29 is 4.39 Å². The van der Waals surface area contributed by atoms with Gasteiger partial charge in [0.15, 0.2) is 0 Å². The molecule has 0 aliphatic heterocycles. The third-order valence-electron chi connectivity index (χ3n) is 1.64. The molecule has 66 valence electrons. The van der Waals surface area contributed by atoms with Gasteiger partial charge in [0, 0.05) is 10.0 Å². The summed E-state index contributed by atoms with van der Waals surface area (Å²) in [5.41, 5.74) is 6.27. The fourth-order valence-electron chi connectivity index (χ4n) is 0.975. The average molecular weight is 253 g/mol. The van der Waals surface area contributed by atoms with Crippen molar-refractivity contribution in [2.45, 2.75) is 13.3 Å². The first-order valence-corrected chi connectivity index (χ1v) is 4.66. The Balaban J connectivity index is 3.40. The minimum absolute atomic E-state index is 0.262. The monoisotopic (exact) mass is 251 g/mol. The van der Waals surface area contributed by atoms with Crippen LogP contribution in [0, 0.1) is 5.82 Å². The van der Waals surface area contributed by atoms with Crippen LogP contribution in [0.4, 0.5) is 10.1 Å². The first-order valence-electron chi connectivity index (χ1n) is 3.49. The normalized spacial score (nSPS) is 10.3. The van der Waals surface area contributed by atoms with Crippen LogP contribution in [0.15, 0.2) is 10.5 Å². The van der Waals surface area contributed by atoms with Crippen LogP contribution in [0.25, 0.3) is 0 Å². The number of anilines is 1. The van der Waals surface area contributed by atoms with Gasteiger partial charge < -0.3 is 5.73 Å². The molecule has 12 heavy (non-hydrogen) atoms. The van der Waals surface area contributed by atoms with E-state index >= 15 is 0 Å². The van der Waals surface area contributed by atoms with E-state index in [4.69, 9.17) is 17.3 Å². The highest BCUT2D eigenvalue weighted by Crippen LogP contribution is 2.33. The van der Waals surface area contributed by atoms with E-state index in [2.05, 4.69) is 15.9 Å². The standard InChI is InChI=1S/C8H8BrClFN/c1-2-4-5(11)3-6(12)8(10)7(4)9/h3H,2,12H2,1H3. The highest BCUT2D eigenvalue weighted by Gasteiger charge is 2.11. The van der Waals surface area contributed by atoms with Crippen molar-refractivity contribution in [3.8, 4) is 0 Å². The summed E-state index contributed by atoms with van der Waals surface area (Å²) in [5.74, 6) is -0.314. The summed E-state index contributed by atoms with van der Waals surface area (Å²) < 4.78 is 13.7. The van der Waals surface area contributed by atoms with E-state index < -0.39 is 0 Å². The van der Waals surface area contributed by atoms with Crippen LogP contribution < -0.4 is 5.73 Å². The number of nitrogens with two attached hydrogens (primary N) is 1. The Kier molecular flexibility index (Phi) is 2.96. The number of hydrogen-bond donors (Lipinski definition) is 1. The Morgan fingerprint density at radius 2 is 2.25 bits per heavy atom. The van der Waals surface area contributed by atoms with Gasteiger partial charge >= 0.3 is 0 Å². The summed E-state index contributed by atoms with van der Waals surface area (Å²) in [5, 5.41) is 0.383. The third kappa shape index (κ3) is 1.57. The van der Waals surface area contributed by atoms with Crippen LogP contribution in [-0.2, 0) is 6.42 Å². The Labute approximate surface area is 83.8 Å². The molecule has 0 saturated carbocycles. The summed E-state index contributed by atoms with van der Waals surface area (Å²) in [6.45, 7) is 1.86. The second-order valence-electron chi connectivity index (χ2n) is 2.41. The minimum Gasteiger partial charge on any atom is -0.397 e. The van der Waals surface area contributed by atoms with Crippen LogP contribution in [-0.4, -0.2) is 0 Å². The Morgan fingerprint density at radius 3 is 2.75 bits per heavy atom. The fraction of sp³-hybridized carbons (Fsp3) is 0.250. The van der Waals surface area contributed by atoms with E-state index in [1.165, 1.54) is 6.07 Å². The zero-order chi connectivity index (χ0) is 9.30. The van der Waals surface area contributed by atoms with Crippen molar-refractivity contribution in [3.63, 3.8) is 0 Å². The maximum absolute atomic E-state index is 13.1. The molecule has 0 fully saturated rings. The van der Waals surface area contributed by atoms with Crippen molar-refractivity contribution in [3.05, 3.63) is 26.9 Å². The van der Waals surface area contributed by atoms with Gasteiger partial charge in [0.2, 0.25) is 0 Å². The molecule has 0 aliphatic carbocycles. The molecule has 0 spiro atoms. The molecule has 0 saturated heterocycles. The number of rotatable bonds is 1. The van der Waals surface area contributed by atoms with Gasteiger partial charge in [0.1, 0.15) is 5.82 Å². The molecule has 0 aliphatic rings. The number of halogens is 3. The molecule has 0 amide bonds. The average Bonchev–Trinajstić information content (AvgIpc) is 2.01. The Morgan fingerprint density at radius 1 is 1.67 bits per heavy atom. The lowest BCUT2D eigenvalue weighted by Crippen LogP contribution is -1.95. The minimum atomic E-state index is -0.314. The number of nitrogen functional groups attached to an aromatic ring is 1.